The molecule has 0 saturated carbocycles. The van der Waals surface area contributed by atoms with E-state index in [9.17, 15) is 9.59 Å². The van der Waals surface area contributed by atoms with Crippen LogP contribution in [0.15, 0.2) is 71.3 Å². The summed E-state index contributed by atoms with van der Waals surface area (Å²) >= 11 is 6.07. The van der Waals surface area contributed by atoms with Crippen LogP contribution in [0.2, 0.25) is 5.02 Å². The number of para-hydroxylation sites is 1. The maximum Gasteiger partial charge on any atom is 0.256 e. The van der Waals surface area contributed by atoms with Gasteiger partial charge in [0.05, 0.1) is 27.9 Å². The topological polar surface area (TPSA) is 98.2 Å². The van der Waals surface area contributed by atoms with E-state index in [-0.39, 0.29) is 16.5 Å². The average molecular weight is 392 g/mol. The predicted molar refractivity (Wildman–Crippen MR) is 107 cm³/mol. The summed E-state index contributed by atoms with van der Waals surface area (Å²) in [6, 6.07) is 17.1. The second kappa shape index (κ2) is 7.17. The molecule has 4 aromatic rings. The number of furan rings is 1. The number of nitrogens with zero attached hydrogens (tertiary/aromatic N) is 1. The van der Waals surface area contributed by atoms with Crippen LogP contribution in [-0.4, -0.2) is 16.8 Å². The number of rotatable bonds is 4. The zero-order chi connectivity index (χ0) is 19.7. The van der Waals surface area contributed by atoms with Crippen LogP contribution in [-0.2, 0) is 0 Å². The Morgan fingerprint density at radius 1 is 1.00 bits per heavy atom. The van der Waals surface area contributed by atoms with Crippen molar-refractivity contribution < 1.29 is 14.0 Å². The average Bonchev–Trinajstić information content (AvgIpc) is 3.21. The fourth-order valence-electron chi connectivity index (χ4n) is 2.90. The van der Waals surface area contributed by atoms with Crippen LogP contribution in [0.25, 0.3) is 22.4 Å². The molecule has 2 heterocycles. The number of nitrogens with one attached hydrogen (secondary N) is 1. The highest BCUT2D eigenvalue weighted by Gasteiger charge is 2.16. The quantitative estimate of drug-likeness (QED) is 0.535. The first-order chi connectivity index (χ1) is 13.5. The van der Waals surface area contributed by atoms with Gasteiger partial charge < -0.3 is 15.5 Å². The highest BCUT2D eigenvalue weighted by Crippen LogP contribution is 2.27. The van der Waals surface area contributed by atoms with E-state index in [1.165, 1.54) is 12.1 Å². The molecule has 2 aromatic carbocycles. The SMILES string of the molecule is NC(=O)c1ccc(NC(=O)c2cc(-c3ccco3)nc3ccccc23)cc1Cl. The number of benzene rings is 2. The Labute approximate surface area is 164 Å². The van der Waals surface area contributed by atoms with E-state index in [2.05, 4.69) is 10.3 Å². The van der Waals surface area contributed by atoms with Crippen molar-refractivity contribution in [2.45, 2.75) is 0 Å². The van der Waals surface area contributed by atoms with Gasteiger partial charge in [0.1, 0.15) is 5.69 Å². The van der Waals surface area contributed by atoms with Crippen LogP contribution in [0.1, 0.15) is 20.7 Å². The van der Waals surface area contributed by atoms with Crippen molar-refractivity contribution in [1.29, 1.82) is 0 Å². The van der Waals surface area contributed by atoms with Gasteiger partial charge in [-0.05, 0) is 42.5 Å². The van der Waals surface area contributed by atoms with Gasteiger partial charge in [0.2, 0.25) is 5.91 Å². The van der Waals surface area contributed by atoms with E-state index in [0.29, 0.717) is 33.6 Å². The maximum atomic E-state index is 13.0. The fraction of sp³-hybridized carbons (Fsp3) is 0. The van der Waals surface area contributed by atoms with Crippen molar-refractivity contribution in [3.8, 4) is 11.5 Å². The molecule has 4 rings (SSSR count). The highest BCUT2D eigenvalue weighted by molar-refractivity contribution is 6.34. The molecule has 0 unspecified atom stereocenters. The van der Waals surface area contributed by atoms with E-state index in [0.717, 1.165) is 0 Å². The van der Waals surface area contributed by atoms with Crippen molar-refractivity contribution in [3.63, 3.8) is 0 Å². The molecule has 0 radical (unpaired) electrons. The summed E-state index contributed by atoms with van der Waals surface area (Å²) in [5, 5.41) is 3.67. The second-order valence-electron chi connectivity index (χ2n) is 6.06. The molecule has 2 amide bonds. The Hall–Kier alpha value is -3.64. The van der Waals surface area contributed by atoms with Crippen LogP contribution < -0.4 is 11.1 Å². The largest absolute Gasteiger partial charge is 0.463 e. The summed E-state index contributed by atoms with van der Waals surface area (Å²) in [5.41, 5.74) is 7.55. The van der Waals surface area contributed by atoms with Crippen molar-refractivity contribution in [2.75, 3.05) is 5.32 Å². The summed E-state index contributed by atoms with van der Waals surface area (Å²) < 4.78 is 5.42. The Bertz CT molecular complexity index is 1200. The predicted octanol–water partition coefficient (Wildman–Crippen LogP) is 4.50. The number of nitrogens with two attached hydrogens (primary N) is 1. The molecule has 2 aromatic heterocycles. The molecule has 0 fully saturated rings. The summed E-state index contributed by atoms with van der Waals surface area (Å²) in [6.07, 6.45) is 1.55. The van der Waals surface area contributed by atoms with E-state index >= 15 is 0 Å². The number of hydrogen-bond acceptors (Lipinski definition) is 4. The second-order valence-corrected chi connectivity index (χ2v) is 6.47. The molecule has 0 saturated heterocycles. The first-order valence-electron chi connectivity index (χ1n) is 8.37. The molecule has 0 aliphatic heterocycles. The first kappa shape index (κ1) is 17.8. The molecule has 3 N–H and O–H groups in total. The smallest absolute Gasteiger partial charge is 0.256 e. The van der Waals surface area contributed by atoms with Gasteiger partial charge in [-0.2, -0.15) is 0 Å². The molecule has 0 atom stereocenters. The van der Waals surface area contributed by atoms with Crippen LogP contribution in [0.5, 0.6) is 0 Å². The maximum absolute atomic E-state index is 13.0. The number of carbonyl (C=O) groups excluding carboxylic acids is 2. The zero-order valence-corrected chi connectivity index (χ0v) is 15.2. The van der Waals surface area contributed by atoms with Crippen molar-refractivity contribution in [2.24, 2.45) is 5.73 Å². The molecular weight excluding hydrogens is 378 g/mol. The lowest BCUT2D eigenvalue weighted by atomic mass is 10.1. The molecule has 0 aliphatic carbocycles. The number of pyridine rings is 1. The van der Waals surface area contributed by atoms with Gasteiger partial charge >= 0.3 is 0 Å². The minimum absolute atomic E-state index is 0.168. The standard InChI is InChI=1S/C21H14ClN3O3/c22-16-10-12(7-8-14(16)20(23)26)24-21(27)15-11-18(19-6-3-9-28-19)25-17-5-2-1-4-13(15)17/h1-11H,(H2,23,26)(H,24,27). The van der Waals surface area contributed by atoms with Crippen molar-refractivity contribution in [3.05, 3.63) is 83.1 Å². The highest BCUT2D eigenvalue weighted by atomic mass is 35.5. The van der Waals surface area contributed by atoms with Crippen molar-refractivity contribution >= 4 is 40.0 Å². The number of amides is 2. The summed E-state index contributed by atoms with van der Waals surface area (Å²) in [6.45, 7) is 0. The van der Waals surface area contributed by atoms with Crippen LogP contribution in [0.4, 0.5) is 5.69 Å². The lowest BCUT2D eigenvalue weighted by molar-refractivity contribution is 0.0998. The van der Waals surface area contributed by atoms with Gasteiger partial charge in [0.15, 0.2) is 5.76 Å². The van der Waals surface area contributed by atoms with Gasteiger partial charge in [0.25, 0.3) is 5.91 Å². The van der Waals surface area contributed by atoms with Gasteiger partial charge in [-0.25, -0.2) is 4.98 Å². The number of fused-ring (bicyclic) bond motifs is 1. The Balaban J connectivity index is 1.74. The molecule has 28 heavy (non-hydrogen) atoms. The molecule has 7 heteroatoms. The normalized spacial score (nSPS) is 10.8. The number of halogens is 1. The van der Waals surface area contributed by atoms with Crippen LogP contribution in [0, 0.1) is 0 Å². The number of primary amides is 1. The van der Waals surface area contributed by atoms with Gasteiger partial charge in [-0.1, -0.05) is 29.8 Å². The van der Waals surface area contributed by atoms with Gasteiger partial charge in [0, 0.05) is 11.1 Å². The van der Waals surface area contributed by atoms with E-state index in [4.69, 9.17) is 21.8 Å². The van der Waals surface area contributed by atoms with Crippen LogP contribution in [0.3, 0.4) is 0 Å². The summed E-state index contributed by atoms with van der Waals surface area (Å²) in [4.78, 5) is 28.9. The lowest BCUT2D eigenvalue weighted by Crippen LogP contribution is -2.14. The Morgan fingerprint density at radius 3 is 2.54 bits per heavy atom. The number of hydrogen-bond donors (Lipinski definition) is 2. The van der Waals surface area contributed by atoms with E-state index < -0.39 is 5.91 Å². The third-order valence-electron chi connectivity index (χ3n) is 4.23. The molecule has 0 spiro atoms. The first-order valence-corrected chi connectivity index (χ1v) is 8.75. The number of aromatic nitrogens is 1. The summed E-state index contributed by atoms with van der Waals surface area (Å²) in [7, 11) is 0. The zero-order valence-electron chi connectivity index (χ0n) is 14.5. The van der Waals surface area contributed by atoms with Crippen molar-refractivity contribution in [1.82, 2.24) is 4.98 Å². The van der Waals surface area contributed by atoms with Gasteiger partial charge in [-0.15, -0.1) is 0 Å². The molecular formula is C21H14ClN3O3. The van der Waals surface area contributed by atoms with E-state index in [1.807, 2.05) is 24.3 Å². The molecule has 6 nitrogen and oxygen atoms in total. The third-order valence-corrected chi connectivity index (χ3v) is 4.54. The molecule has 138 valence electrons. The Morgan fingerprint density at radius 2 is 1.82 bits per heavy atom. The monoisotopic (exact) mass is 391 g/mol. The summed E-state index contributed by atoms with van der Waals surface area (Å²) in [5.74, 6) is -0.408. The minimum atomic E-state index is -0.633. The van der Waals surface area contributed by atoms with E-state index in [1.54, 1.807) is 30.5 Å². The number of anilines is 1. The molecule has 0 aliphatic rings. The Kier molecular flexibility index (Phi) is 4.55. The van der Waals surface area contributed by atoms with Crippen LogP contribution >= 0.6 is 11.6 Å². The van der Waals surface area contributed by atoms with Gasteiger partial charge in [-0.3, -0.25) is 9.59 Å². The lowest BCUT2D eigenvalue weighted by Gasteiger charge is -2.10. The number of carbonyl (C=O) groups is 2. The minimum Gasteiger partial charge on any atom is -0.463 e. The molecule has 0 bridgehead atoms. The fourth-order valence-corrected chi connectivity index (χ4v) is 3.18. The third kappa shape index (κ3) is 3.33.